The first-order valence-electron chi connectivity index (χ1n) is 12.3. The van der Waals surface area contributed by atoms with E-state index in [2.05, 4.69) is 4.98 Å². The van der Waals surface area contributed by atoms with Gasteiger partial charge in [-0.15, -0.1) is 0 Å². The van der Waals surface area contributed by atoms with Crippen LogP contribution in [0.15, 0.2) is 15.7 Å². The van der Waals surface area contributed by atoms with Crippen LogP contribution in [0.5, 0.6) is 0 Å². The zero-order valence-electron chi connectivity index (χ0n) is 21.8. The van der Waals surface area contributed by atoms with E-state index in [0.29, 0.717) is 24.9 Å². The van der Waals surface area contributed by atoms with E-state index in [-0.39, 0.29) is 24.1 Å². The van der Waals surface area contributed by atoms with Gasteiger partial charge < -0.3 is 19.9 Å². The van der Waals surface area contributed by atoms with Crippen LogP contribution in [-0.4, -0.2) is 39.1 Å². The van der Waals surface area contributed by atoms with Crippen LogP contribution in [0.4, 0.5) is 11.5 Å². The number of H-pyrrole nitrogens is 1. The third-order valence-electron chi connectivity index (χ3n) is 6.05. The number of unbranched alkanes of at least 4 members (excludes halogenated alkanes) is 3. The average Bonchev–Trinajstić information content (AvgIpc) is 3.10. The molecule has 35 heavy (non-hydrogen) atoms. The molecule has 0 spiro atoms. The lowest BCUT2D eigenvalue weighted by molar-refractivity contribution is -0.121. The summed E-state index contributed by atoms with van der Waals surface area (Å²) >= 11 is 0. The summed E-state index contributed by atoms with van der Waals surface area (Å²) in [7, 11) is 0. The molecule has 0 saturated heterocycles. The molecule has 0 aliphatic heterocycles. The van der Waals surface area contributed by atoms with Crippen molar-refractivity contribution >= 4 is 23.4 Å². The second kappa shape index (κ2) is 12.4. The van der Waals surface area contributed by atoms with E-state index in [1.807, 2.05) is 46.1 Å². The van der Waals surface area contributed by atoms with Crippen molar-refractivity contribution in [2.75, 3.05) is 23.8 Å². The first kappa shape index (κ1) is 27.9. The standard InChI is InChI=1S/C25H39N5O5/c1-7-9-11-13-28(21-22(26)29(12-10-8-2)25(34)27-23(21)32)20(31)15-35-24(33)19-14-17(5)30(16(3)4)18(19)6/h14,16H,7-13,15,26H2,1-6H3,(H,27,32,34). The number of rotatable bonds is 12. The highest BCUT2D eigenvalue weighted by Gasteiger charge is 2.26. The SMILES string of the molecule is CCCCCN(C(=O)COC(=O)c1cc(C)n(C(C)C)c1C)c1c(N)n(CCCC)c(=O)[nH]c1=O. The first-order valence-corrected chi connectivity index (χ1v) is 12.3. The van der Waals surface area contributed by atoms with Crippen molar-refractivity contribution in [3.05, 3.63) is 43.9 Å². The summed E-state index contributed by atoms with van der Waals surface area (Å²) in [4.78, 5) is 54.5. The number of aryl methyl sites for hydroxylation is 1. The molecule has 10 nitrogen and oxygen atoms in total. The number of ether oxygens (including phenoxy) is 1. The maximum Gasteiger partial charge on any atom is 0.340 e. The van der Waals surface area contributed by atoms with Gasteiger partial charge in [-0.25, -0.2) is 9.59 Å². The average molecular weight is 490 g/mol. The highest BCUT2D eigenvalue weighted by molar-refractivity contribution is 5.99. The minimum Gasteiger partial charge on any atom is -0.452 e. The zero-order valence-corrected chi connectivity index (χ0v) is 21.8. The zero-order chi connectivity index (χ0) is 26.3. The number of hydrogen-bond donors (Lipinski definition) is 2. The number of carbonyl (C=O) groups is 2. The van der Waals surface area contributed by atoms with Crippen molar-refractivity contribution in [3.63, 3.8) is 0 Å². The summed E-state index contributed by atoms with van der Waals surface area (Å²) in [5, 5.41) is 0. The largest absolute Gasteiger partial charge is 0.452 e. The highest BCUT2D eigenvalue weighted by Crippen LogP contribution is 2.22. The smallest absolute Gasteiger partial charge is 0.340 e. The molecule has 0 aromatic carbocycles. The third-order valence-corrected chi connectivity index (χ3v) is 6.05. The summed E-state index contributed by atoms with van der Waals surface area (Å²) < 4.78 is 8.66. The molecular weight excluding hydrogens is 450 g/mol. The Labute approximate surface area is 206 Å². The molecule has 0 atom stereocenters. The fourth-order valence-corrected chi connectivity index (χ4v) is 4.32. The highest BCUT2D eigenvalue weighted by atomic mass is 16.5. The predicted octanol–water partition coefficient (Wildman–Crippen LogP) is 3.30. The molecule has 0 radical (unpaired) electrons. The molecule has 2 aromatic rings. The number of hydrogen-bond acceptors (Lipinski definition) is 6. The number of nitrogens with zero attached hydrogens (tertiary/aromatic N) is 3. The van der Waals surface area contributed by atoms with Gasteiger partial charge in [-0.2, -0.15) is 0 Å². The molecular formula is C25H39N5O5. The molecule has 3 N–H and O–H groups in total. The van der Waals surface area contributed by atoms with Crippen molar-refractivity contribution in [1.82, 2.24) is 14.1 Å². The summed E-state index contributed by atoms with van der Waals surface area (Å²) in [5.41, 5.74) is 6.86. The van der Waals surface area contributed by atoms with Gasteiger partial charge in [-0.1, -0.05) is 33.1 Å². The van der Waals surface area contributed by atoms with E-state index < -0.39 is 29.7 Å². The molecule has 2 heterocycles. The normalized spacial score (nSPS) is 11.2. The van der Waals surface area contributed by atoms with Gasteiger partial charge >= 0.3 is 11.7 Å². The maximum absolute atomic E-state index is 13.2. The Morgan fingerprint density at radius 3 is 2.34 bits per heavy atom. The number of esters is 1. The van der Waals surface area contributed by atoms with E-state index in [1.54, 1.807) is 6.07 Å². The Kier molecular flexibility index (Phi) is 9.91. The van der Waals surface area contributed by atoms with Crippen LogP contribution in [-0.2, 0) is 16.1 Å². The number of amides is 1. The summed E-state index contributed by atoms with van der Waals surface area (Å²) in [6.45, 7) is 11.8. The lowest BCUT2D eigenvalue weighted by Crippen LogP contribution is -2.43. The van der Waals surface area contributed by atoms with Gasteiger partial charge in [-0.05, 0) is 46.6 Å². The van der Waals surface area contributed by atoms with E-state index >= 15 is 0 Å². The maximum atomic E-state index is 13.2. The number of anilines is 2. The van der Waals surface area contributed by atoms with E-state index in [1.165, 1.54) is 9.47 Å². The van der Waals surface area contributed by atoms with Crippen molar-refractivity contribution in [1.29, 1.82) is 0 Å². The van der Waals surface area contributed by atoms with Crippen molar-refractivity contribution < 1.29 is 14.3 Å². The van der Waals surface area contributed by atoms with Gasteiger partial charge in [0.2, 0.25) is 0 Å². The van der Waals surface area contributed by atoms with E-state index in [0.717, 1.165) is 30.7 Å². The van der Waals surface area contributed by atoms with Crippen molar-refractivity contribution in [2.24, 2.45) is 0 Å². The third kappa shape index (κ3) is 6.43. The Hall–Kier alpha value is -3.30. The molecule has 194 valence electrons. The topological polar surface area (TPSA) is 132 Å². The van der Waals surface area contributed by atoms with Crippen LogP contribution >= 0.6 is 0 Å². The second-order valence-electron chi connectivity index (χ2n) is 9.08. The van der Waals surface area contributed by atoms with Gasteiger partial charge in [0.15, 0.2) is 12.3 Å². The molecule has 2 aromatic heterocycles. The monoisotopic (exact) mass is 489 g/mol. The molecule has 1 amide bonds. The molecule has 0 aliphatic carbocycles. The number of aromatic amines is 1. The minimum atomic E-state index is -0.739. The van der Waals surface area contributed by atoms with Gasteiger partial charge in [0.25, 0.3) is 11.5 Å². The lowest BCUT2D eigenvalue weighted by atomic mass is 10.2. The molecule has 2 rings (SSSR count). The number of nitrogens with two attached hydrogens (primary N) is 1. The van der Waals surface area contributed by atoms with Crippen LogP contribution in [0.2, 0.25) is 0 Å². The fourth-order valence-electron chi connectivity index (χ4n) is 4.32. The van der Waals surface area contributed by atoms with Gasteiger partial charge in [-0.3, -0.25) is 19.1 Å². The molecule has 0 saturated carbocycles. The Morgan fingerprint density at radius 2 is 1.77 bits per heavy atom. The quantitative estimate of drug-likeness (QED) is 0.347. The Balaban J connectivity index is 2.33. The molecule has 0 fully saturated rings. The van der Waals surface area contributed by atoms with Crippen LogP contribution in [0.25, 0.3) is 0 Å². The van der Waals surface area contributed by atoms with Gasteiger partial charge in [0, 0.05) is 30.5 Å². The molecule has 10 heteroatoms. The fraction of sp³-hybridized carbons (Fsp3) is 0.600. The summed E-state index contributed by atoms with van der Waals surface area (Å²) in [5.74, 6) is -1.25. The van der Waals surface area contributed by atoms with Crippen LogP contribution < -0.4 is 21.9 Å². The molecule has 0 bridgehead atoms. The molecule has 0 unspecified atom stereocenters. The van der Waals surface area contributed by atoms with Crippen LogP contribution in [0.1, 0.15) is 87.6 Å². The van der Waals surface area contributed by atoms with Gasteiger partial charge in [0.1, 0.15) is 5.82 Å². The van der Waals surface area contributed by atoms with Crippen molar-refractivity contribution in [2.45, 2.75) is 86.2 Å². The number of nitrogen functional groups attached to an aromatic ring is 1. The van der Waals surface area contributed by atoms with E-state index in [4.69, 9.17) is 10.5 Å². The second-order valence-corrected chi connectivity index (χ2v) is 9.08. The number of nitrogens with one attached hydrogen (secondary N) is 1. The lowest BCUT2D eigenvalue weighted by Gasteiger charge is -2.24. The van der Waals surface area contributed by atoms with Gasteiger partial charge in [0.05, 0.1) is 5.56 Å². The minimum absolute atomic E-state index is 0.0659. The van der Waals surface area contributed by atoms with Crippen LogP contribution in [0.3, 0.4) is 0 Å². The summed E-state index contributed by atoms with van der Waals surface area (Å²) in [6, 6.07) is 1.92. The molecule has 0 aliphatic rings. The summed E-state index contributed by atoms with van der Waals surface area (Å²) in [6.07, 6.45) is 3.87. The number of carbonyl (C=O) groups excluding carboxylic acids is 2. The number of aromatic nitrogens is 3. The van der Waals surface area contributed by atoms with Crippen LogP contribution in [0, 0.1) is 13.8 Å². The first-order chi connectivity index (χ1) is 16.5. The Morgan fingerprint density at radius 1 is 1.11 bits per heavy atom. The van der Waals surface area contributed by atoms with E-state index in [9.17, 15) is 19.2 Å². The van der Waals surface area contributed by atoms with Crippen molar-refractivity contribution in [3.8, 4) is 0 Å². The predicted molar refractivity (Wildman–Crippen MR) is 137 cm³/mol. The Bertz CT molecular complexity index is 1160.